The number of aromatic hydroxyl groups is 1. The molecule has 0 aromatic heterocycles. The Kier molecular flexibility index (Phi) is 5.43. The molecule has 9 nitrogen and oxygen atoms in total. The van der Waals surface area contributed by atoms with Crippen molar-refractivity contribution in [2.75, 3.05) is 0 Å². The van der Waals surface area contributed by atoms with Gasteiger partial charge in [-0.05, 0) is 59.2 Å². The second-order valence-electron chi connectivity index (χ2n) is 6.55. The summed E-state index contributed by atoms with van der Waals surface area (Å²) in [5.74, 6) is -5.66. The molecule has 0 radical (unpaired) electrons. The van der Waals surface area contributed by atoms with Gasteiger partial charge in [0.2, 0.25) is 0 Å². The molecular weight excluding hydrogens is 408 g/mol. The molecule has 0 spiro atoms. The van der Waals surface area contributed by atoms with E-state index in [1.165, 1.54) is 42.5 Å². The van der Waals surface area contributed by atoms with E-state index in [2.05, 4.69) is 0 Å². The average Bonchev–Trinajstić information content (AvgIpc) is 2.72. The molecule has 0 aliphatic carbocycles. The SMILES string of the molecule is O=C(O)c1cc(C(=O)O)cc(-c2ccc(-c3cc(C(=O)O)cc(C(=O)O)c3)c(O)c2)c1. The zero-order valence-electron chi connectivity index (χ0n) is 15.6. The number of phenolic OH excluding ortho intramolecular Hbond substituents is 1. The van der Waals surface area contributed by atoms with Gasteiger partial charge in [0, 0.05) is 5.56 Å². The molecule has 0 saturated carbocycles. The van der Waals surface area contributed by atoms with Crippen LogP contribution in [0.15, 0.2) is 54.6 Å². The number of hydrogen-bond donors (Lipinski definition) is 5. The summed E-state index contributed by atoms with van der Waals surface area (Å²) >= 11 is 0. The highest BCUT2D eigenvalue weighted by Gasteiger charge is 2.16. The summed E-state index contributed by atoms with van der Waals surface area (Å²) < 4.78 is 0. The Morgan fingerprint density at radius 3 is 1.23 bits per heavy atom. The highest BCUT2D eigenvalue weighted by molar-refractivity contribution is 5.98. The van der Waals surface area contributed by atoms with E-state index in [1.807, 2.05) is 0 Å². The fourth-order valence-corrected chi connectivity index (χ4v) is 3.03. The predicted molar refractivity (Wildman–Crippen MR) is 107 cm³/mol. The van der Waals surface area contributed by atoms with Crippen molar-refractivity contribution in [3.8, 4) is 28.0 Å². The van der Waals surface area contributed by atoms with Crippen LogP contribution in [0.25, 0.3) is 22.3 Å². The Labute approximate surface area is 174 Å². The number of carbonyl (C=O) groups is 4. The Hall–Kier alpha value is -4.66. The maximum Gasteiger partial charge on any atom is 0.335 e. The number of carboxylic acids is 4. The molecule has 0 atom stereocenters. The lowest BCUT2D eigenvalue weighted by atomic mass is 9.95. The molecule has 9 heteroatoms. The van der Waals surface area contributed by atoms with Crippen molar-refractivity contribution in [1.29, 1.82) is 0 Å². The minimum absolute atomic E-state index is 0.141. The molecule has 0 unspecified atom stereocenters. The highest BCUT2D eigenvalue weighted by Crippen LogP contribution is 2.35. The quantitative estimate of drug-likeness (QED) is 0.399. The third kappa shape index (κ3) is 4.35. The number of benzene rings is 3. The lowest BCUT2D eigenvalue weighted by Gasteiger charge is -2.11. The first-order valence-corrected chi connectivity index (χ1v) is 8.64. The maximum absolute atomic E-state index is 11.3. The fraction of sp³-hybridized carbons (Fsp3) is 0. The minimum atomic E-state index is -1.34. The standard InChI is InChI=1S/C22H14O9/c23-18-9-10(11-3-13(19(24)25)7-14(4-11)20(26)27)1-2-17(18)12-5-15(21(28)29)8-16(6-12)22(30)31/h1-9,23H,(H,24,25)(H,26,27)(H,28,29)(H,30,31). The van der Waals surface area contributed by atoms with Gasteiger partial charge in [0.05, 0.1) is 22.3 Å². The molecule has 31 heavy (non-hydrogen) atoms. The van der Waals surface area contributed by atoms with Crippen molar-refractivity contribution in [2.45, 2.75) is 0 Å². The Bertz CT molecular complexity index is 1190. The molecule has 0 bridgehead atoms. The number of phenols is 1. The molecule has 0 fully saturated rings. The van der Waals surface area contributed by atoms with E-state index in [4.69, 9.17) is 0 Å². The first-order valence-electron chi connectivity index (χ1n) is 8.64. The van der Waals surface area contributed by atoms with Gasteiger partial charge in [0.15, 0.2) is 0 Å². The van der Waals surface area contributed by atoms with Crippen LogP contribution in [0.3, 0.4) is 0 Å². The van der Waals surface area contributed by atoms with Crippen molar-refractivity contribution in [1.82, 2.24) is 0 Å². The molecule has 0 amide bonds. The van der Waals surface area contributed by atoms with Crippen LogP contribution in [0, 0.1) is 0 Å². The molecule has 156 valence electrons. The summed E-state index contributed by atoms with van der Waals surface area (Å²) in [6.45, 7) is 0. The fourth-order valence-electron chi connectivity index (χ4n) is 3.03. The third-order valence-electron chi connectivity index (χ3n) is 4.50. The van der Waals surface area contributed by atoms with Crippen LogP contribution in [0.4, 0.5) is 0 Å². The lowest BCUT2D eigenvalue weighted by molar-refractivity contribution is 0.0676. The van der Waals surface area contributed by atoms with Gasteiger partial charge in [0.1, 0.15) is 5.75 Å². The summed E-state index contributed by atoms with van der Waals surface area (Å²) in [6, 6.07) is 11.0. The molecule has 3 rings (SSSR count). The van der Waals surface area contributed by atoms with Crippen molar-refractivity contribution >= 4 is 23.9 Å². The average molecular weight is 422 g/mol. The maximum atomic E-state index is 11.3. The van der Waals surface area contributed by atoms with E-state index < -0.39 is 23.9 Å². The molecule has 0 aliphatic rings. The highest BCUT2D eigenvalue weighted by atomic mass is 16.4. The van der Waals surface area contributed by atoms with Gasteiger partial charge in [0.25, 0.3) is 0 Å². The molecule has 0 heterocycles. The van der Waals surface area contributed by atoms with Crippen LogP contribution in [-0.4, -0.2) is 49.4 Å². The van der Waals surface area contributed by atoms with Gasteiger partial charge >= 0.3 is 23.9 Å². The van der Waals surface area contributed by atoms with Gasteiger partial charge < -0.3 is 25.5 Å². The molecule has 0 aliphatic heterocycles. The van der Waals surface area contributed by atoms with E-state index in [9.17, 15) is 44.7 Å². The van der Waals surface area contributed by atoms with Crippen molar-refractivity contribution in [3.63, 3.8) is 0 Å². The van der Waals surface area contributed by atoms with E-state index in [1.54, 1.807) is 0 Å². The van der Waals surface area contributed by atoms with Crippen LogP contribution >= 0.6 is 0 Å². The smallest absolute Gasteiger partial charge is 0.335 e. The number of rotatable bonds is 6. The predicted octanol–water partition coefficient (Wildman–Crippen LogP) is 3.52. The van der Waals surface area contributed by atoms with E-state index in [0.717, 1.165) is 12.1 Å². The van der Waals surface area contributed by atoms with Crippen LogP contribution in [-0.2, 0) is 0 Å². The summed E-state index contributed by atoms with van der Waals surface area (Å²) in [6.07, 6.45) is 0. The molecule has 3 aromatic carbocycles. The van der Waals surface area contributed by atoms with Crippen molar-refractivity contribution in [2.24, 2.45) is 0 Å². The molecule has 5 N–H and O–H groups in total. The molecular formula is C22H14O9. The Balaban J connectivity index is 2.13. The Morgan fingerprint density at radius 2 is 0.871 bits per heavy atom. The summed E-state index contributed by atoms with van der Waals surface area (Å²) in [7, 11) is 0. The third-order valence-corrected chi connectivity index (χ3v) is 4.50. The van der Waals surface area contributed by atoms with E-state index >= 15 is 0 Å². The van der Waals surface area contributed by atoms with Crippen LogP contribution in [0.2, 0.25) is 0 Å². The molecule has 3 aromatic rings. The van der Waals surface area contributed by atoms with E-state index in [-0.39, 0.29) is 44.7 Å². The van der Waals surface area contributed by atoms with Crippen molar-refractivity contribution < 1.29 is 44.7 Å². The van der Waals surface area contributed by atoms with Gasteiger partial charge in [-0.3, -0.25) is 0 Å². The Morgan fingerprint density at radius 1 is 0.484 bits per heavy atom. The van der Waals surface area contributed by atoms with E-state index in [0.29, 0.717) is 5.56 Å². The number of hydrogen-bond acceptors (Lipinski definition) is 5. The van der Waals surface area contributed by atoms with Crippen molar-refractivity contribution in [3.05, 3.63) is 76.9 Å². The number of carboxylic acid groups (broad SMARTS) is 4. The second-order valence-corrected chi connectivity index (χ2v) is 6.55. The lowest BCUT2D eigenvalue weighted by Crippen LogP contribution is -2.03. The van der Waals surface area contributed by atoms with Gasteiger partial charge in [-0.25, -0.2) is 19.2 Å². The van der Waals surface area contributed by atoms with Gasteiger partial charge in [-0.15, -0.1) is 0 Å². The normalized spacial score (nSPS) is 10.5. The monoisotopic (exact) mass is 422 g/mol. The van der Waals surface area contributed by atoms with Crippen LogP contribution in [0.5, 0.6) is 5.75 Å². The largest absolute Gasteiger partial charge is 0.507 e. The van der Waals surface area contributed by atoms with Crippen LogP contribution < -0.4 is 0 Å². The minimum Gasteiger partial charge on any atom is -0.507 e. The van der Waals surface area contributed by atoms with Crippen LogP contribution in [0.1, 0.15) is 41.4 Å². The summed E-state index contributed by atoms with van der Waals surface area (Å²) in [4.78, 5) is 45.2. The zero-order valence-corrected chi connectivity index (χ0v) is 15.6. The summed E-state index contributed by atoms with van der Waals surface area (Å²) in [5.41, 5.74) is -0.242. The first kappa shape index (κ1) is 21.1. The zero-order chi connectivity index (χ0) is 22.9. The summed E-state index contributed by atoms with van der Waals surface area (Å²) in [5, 5.41) is 47.4. The topological polar surface area (TPSA) is 169 Å². The number of aromatic carboxylic acids is 4. The van der Waals surface area contributed by atoms with Gasteiger partial charge in [-0.2, -0.15) is 0 Å². The first-order chi connectivity index (χ1) is 14.6. The van der Waals surface area contributed by atoms with Gasteiger partial charge in [-0.1, -0.05) is 12.1 Å². The second kappa shape index (κ2) is 7.99. The molecule has 0 saturated heterocycles.